The number of halogens is 2. The number of rotatable bonds is 5. The predicted molar refractivity (Wildman–Crippen MR) is 56.2 cm³/mol. The monoisotopic (exact) mass is 260 g/mol. The van der Waals surface area contributed by atoms with E-state index >= 15 is 0 Å². The number of aromatic nitrogens is 1. The van der Waals surface area contributed by atoms with Crippen LogP contribution in [-0.2, 0) is 16.0 Å². The lowest BCUT2D eigenvalue weighted by molar-refractivity contribution is -0.385. The smallest absolute Gasteiger partial charge is 0.310 e. The average Bonchev–Trinajstić information content (AvgIpc) is 2.29. The van der Waals surface area contributed by atoms with Crippen LogP contribution in [0, 0.1) is 10.1 Å². The van der Waals surface area contributed by atoms with Gasteiger partial charge in [0.05, 0.1) is 23.5 Å². The van der Waals surface area contributed by atoms with Crippen molar-refractivity contribution in [3.63, 3.8) is 0 Å². The number of pyridine rings is 1. The second-order valence-corrected chi connectivity index (χ2v) is 3.28. The molecule has 1 rings (SSSR count). The van der Waals surface area contributed by atoms with Crippen molar-refractivity contribution >= 4 is 11.7 Å². The molecule has 0 aliphatic heterocycles. The second kappa shape index (κ2) is 5.99. The number of hydrogen-bond acceptors (Lipinski definition) is 5. The van der Waals surface area contributed by atoms with Gasteiger partial charge in [0.25, 0.3) is 12.1 Å². The molecular formula is C10H10F2N2O4. The first-order valence-corrected chi connectivity index (χ1v) is 5.02. The molecule has 0 saturated heterocycles. The Morgan fingerprint density at radius 2 is 2.28 bits per heavy atom. The van der Waals surface area contributed by atoms with E-state index in [1.165, 1.54) is 0 Å². The maximum Gasteiger partial charge on any atom is 0.310 e. The first-order valence-electron chi connectivity index (χ1n) is 5.02. The van der Waals surface area contributed by atoms with Crippen LogP contribution in [0.25, 0.3) is 0 Å². The Balaban J connectivity index is 3.04. The van der Waals surface area contributed by atoms with Crippen molar-refractivity contribution in [1.29, 1.82) is 0 Å². The molecular weight excluding hydrogens is 250 g/mol. The van der Waals surface area contributed by atoms with Gasteiger partial charge in [0.15, 0.2) is 0 Å². The van der Waals surface area contributed by atoms with Crippen molar-refractivity contribution in [3.05, 3.63) is 33.6 Å². The summed E-state index contributed by atoms with van der Waals surface area (Å²) in [5.41, 5.74) is -1.31. The maximum absolute atomic E-state index is 12.3. The van der Waals surface area contributed by atoms with Gasteiger partial charge in [0.1, 0.15) is 5.69 Å². The molecule has 0 radical (unpaired) electrons. The Labute approximate surface area is 101 Å². The second-order valence-electron chi connectivity index (χ2n) is 3.28. The van der Waals surface area contributed by atoms with Crippen molar-refractivity contribution in [2.45, 2.75) is 19.8 Å². The molecule has 1 heterocycles. The summed E-state index contributed by atoms with van der Waals surface area (Å²) >= 11 is 0. The topological polar surface area (TPSA) is 82.3 Å². The van der Waals surface area contributed by atoms with Gasteiger partial charge < -0.3 is 4.74 Å². The summed E-state index contributed by atoms with van der Waals surface area (Å²) in [5, 5.41) is 10.7. The third kappa shape index (κ3) is 3.44. The Kier molecular flexibility index (Phi) is 4.64. The molecule has 98 valence electrons. The highest BCUT2D eigenvalue weighted by Crippen LogP contribution is 2.24. The van der Waals surface area contributed by atoms with E-state index in [9.17, 15) is 23.7 Å². The van der Waals surface area contributed by atoms with Crippen molar-refractivity contribution in [2.75, 3.05) is 6.61 Å². The van der Waals surface area contributed by atoms with E-state index in [0.717, 1.165) is 6.20 Å². The zero-order chi connectivity index (χ0) is 13.7. The minimum Gasteiger partial charge on any atom is -0.466 e. The van der Waals surface area contributed by atoms with E-state index in [1.54, 1.807) is 6.92 Å². The van der Waals surface area contributed by atoms with E-state index < -0.39 is 28.7 Å². The molecule has 1 aromatic rings. The van der Waals surface area contributed by atoms with Gasteiger partial charge in [-0.15, -0.1) is 0 Å². The summed E-state index contributed by atoms with van der Waals surface area (Å²) in [7, 11) is 0. The molecule has 0 aliphatic carbocycles. The Morgan fingerprint density at radius 3 is 2.78 bits per heavy atom. The molecule has 0 amide bonds. The summed E-state index contributed by atoms with van der Waals surface area (Å²) in [6, 6.07) is 0.666. The van der Waals surface area contributed by atoms with E-state index in [0.29, 0.717) is 6.07 Å². The number of hydrogen-bond donors (Lipinski definition) is 0. The third-order valence-electron chi connectivity index (χ3n) is 2.04. The Hall–Kier alpha value is -2.12. The summed E-state index contributed by atoms with van der Waals surface area (Å²) in [4.78, 5) is 24.4. The van der Waals surface area contributed by atoms with Gasteiger partial charge in [-0.3, -0.25) is 19.9 Å². The van der Waals surface area contributed by atoms with Gasteiger partial charge >= 0.3 is 5.97 Å². The summed E-state index contributed by atoms with van der Waals surface area (Å²) in [6.07, 6.45) is -2.38. The van der Waals surface area contributed by atoms with Crippen molar-refractivity contribution in [2.24, 2.45) is 0 Å². The molecule has 0 aromatic carbocycles. The fourth-order valence-electron chi connectivity index (χ4n) is 1.28. The van der Waals surface area contributed by atoms with Gasteiger partial charge in [-0.1, -0.05) is 0 Å². The highest BCUT2D eigenvalue weighted by molar-refractivity contribution is 5.74. The molecule has 0 fully saturated rings. The van der Waals surface area contributed by atoms with Crippen LogP contribution in [0.15, 0.2) is 12.3 Å². The molecule has 0 spiro atoms. The van der Waals surface area contributed by atoms with Crippen molar-refractivity contribution in [3.8, 4) is 0 Å². The minimum absolute atomic E-state index is 0.0529. The lowest BCUT2D eigenvalue weighted by Crippen LogP contribution is -2.10. The van der Waals surface area contributed by atoms with Crippen LogP contribution < -0.4 is 0 Å². The molecule has 8 heteroatoms. The Morgan fingerprint density at radius 1 is 1.61 bits per heavy atom. The lowest BCUT2D eigenvalue weighted by Gasteiger charge is -2.04. The van der Waals surface area contributed by atoms with Crippen molar-refractivity contribution in [1.82, 2.24) is 4.98 Å². The zero-order valence-corrected chi connectivity index (χ0v) is 9.43. The van der Waals surface area contributed by atoms with Crippen LogP contribution in [0.4, 0.5) is 14.5 Å². The van der Waals surface area contributed by atoms with Gasteiger partial charge in [-0.25, -0.2) is 8.78 Å². The Bertz CT molecular complexity index is 465. The van der Waals surface area contributed by atoms with E-state index in [-0.39, 0.29) is 18.6 Å². The highest BCUT2D eigenvalue weighted by Gasteiger charge is 2.21. The first kappa shape index (κ1) is 13.9. The number of alkyl halides is 2. The molecule has 1 aromatic heterocycles. The summed E-state index contributed by atoms with van der Waals surface area (Å²) in [5.74, 6) is -0.674. The third-order valence-corrected chi connectivity index (χ3v) is 2.04. The number of nitrogens with zero attached hydrogens (tertiary/aromatic N) is 2. The molecule has 18 heavy (non-hydrogen) atoms. The fraction of sp³-hybridized carbons (Fsp3) is 0.400. The largest absolute Gasteiger partial charge is 0.466 e. The van der Waals surface area contributed by atoms with E-state index in [1.807, 2.05) is 0 Å². The maximum atomic E-state index is 12.3. The van der Waals surface area contributed by atoms with E-state index in [4.69, 9.17) is 0 Å². The van der Waals surface area contributed by atoms with Gasteiger partial charge in [0, 0.05) is 12.3 Å². The first-order chi connectivity index (χ1) is 8.45. The molecule has 6 nitrogen and oxygen atoms in total. The van der Waals surface area contributed by atoms with Crippen LogP contribution in [0.5, 0.6) is 0 Å². The summed E-state index contributed by atoms with van der Waals surface area (Å²) < 4.78 is 29.3. The van der Waals surface area contributed by atoms with E-state index in [2.05, 4.69) is 9.72 Å². The van der Waals surface area contributed by atoms with Gasteiger partial charge in [0.2, 0.25) is 0 Å². The van der Waals surface area contributed by atoms with Crippen LogP contribution >= 0.6 is 0 Å². The number of esters is 1. The van der Waals surface area contributed by atoms with Crippen LogP contribution in [-0.4, -0.2) is 22.5 Å². The molecule has 0 aliphatic rings. The quantitative estimate of drug-likeness (QED) is 0.459. The molecule has 0 unspecified atom stereocenters. The van der Waals surface area contributed by atoms with Crippen LogP contribution in [0.2, 0.25) is 0 Å². The number of ether oxygens (including phenoxy) is 1. The predicted octanol–water partition coefficient (Wildman–Crippen LogP) is 2.03. The van der Waals surface area contributed by atoms with Gasteiger partial charge in [-0.2, -0.15) is 0 Å². The normalized spacial score (nSPS) is 10.4. The summed E-state index contributed by atoms with van der Waals surface area (Å²) in [6.45, 7) is 1.72. The number of carbonyl (C=O) groups excluding carboxylic acids is 1. The SMILES string of the molecule is CCOC(=O)Cc1cnc(C(F)F)cc1[N+](=O)[O-]. The molecule has 0 atom stereocenters. The molecule has 0 bridgehead atoms. The van der Waals surface area contributed by atoms with Crippen LogP contribution in [0.3, 0.4) is 0 Å². The minimum atomic E-state index is -2.90. The van der Waals surface area contributed by atoms with Crippen molar-refractivity contribution < 1.29 is 23.2 Å². The lowest BCUT2D eigenvalue weighted by atomic mass is 10.1. The number of carbonyl (C=O) groups is 1. The zero-order valence-electron chi connectivity index (χ0n) is 9.43. The molecule has 0 saturated carbocycles. The standard InChI is InChI=1S/C10H10F2N2O4/c1-2-18-9(15)3-6-5-13-7(10(11)12)4-8(6)14(16)17/h4-5,10H,2-3H2,1H3. The number of nitro groups is 1. The van der Waals surface area contributed by atoms with Gasteiger partial charge in [-0.05, 0) is 6.92 Å². The highest BCUT2D eigenvalue weighted by atomic mass is 19.3. The average molecular weight is 260 g/mol. The van der Waals surface area contributed by atoms with Crippen LogP contribution in [0.1, 0.15) is 24.6 Å². The fourth-order valence-corrected chi connectivity index (χ4v) is 1.28. The molecule has 0 N–H and O–H groups in total.